The Morgan fingerprint density at radius 3 is 2.57 bits per heavy atom. The van der Waals surface area contributed by atoms with Crippen molar-refractivity contribution in [3.8, 4) is 0 Å². The second-order valence-electron chi connectivity index (χ2n) is 1.08. The lowest BCUT2D eigenvalue weighted by Crippen LogP contribution is -2.62. The van der Waals surface area contributed by atoms with Gasteiger partial charge >= 0.3 is 0 Å². The first-order valence-corrected chi connectivity index (χ1v) is 1.98. The minimum Gasteiger partial charge on any atom is -0.198 e. The highest BCUT2D eigenvalue weighted by atomic mass is 16.7. The molecule has 0 rings (SSSR count). The van der Waals surface area contributed by atoms with E-state index in [2.05, 4.69) is 4.84 Å². The molecule has 0 aromatic rings. The summed E-state index contributed by atoms with van der Waals surface area (Å²) >= 11 is 0. The number of hydrogen-bond donors (Lipinski definition) is 1. The van der Waals surface area contributed by atoms with E-state index >= 15 is 0 Å². The smallest absolute Gasteiger partial charge is 0.198 e. The van der Waals surface area contributed by atoms with Crippen LogP contribution in [0.1, 0.15) is 13.8 Å². The van der Waals surface area contributed by atoms with Gasteiger partial charge < -0.3 is 0 Å². The molecule has 0 unspecified atom stereocenters. The molecule has 0 atom stereocenters. The van der Waals surface area contributed by atoms with Crippen LogP contribution in [0.2, 0.25) is 0 Å². The molecule has 1 N–H and O–H groups in total. The molecule has 0 saturated carbocycles. The molecule has 0 aliphatic rings. The summed E-state index contributed by atoms with van der Waals surface area (Å²) in [4.78, 5) is 13.6. The van der Waals surface area contributed by atoms with Gasteiger partial charge in [-0.15, -0.1) is 0 Å². The Balaban J connectivity index is 3.36. The van der Waals surface area contributed by atoms with Gasteiger partial charge in [0.05, 0.1) is 4.91 Å². The molecule has 0 aromatic carbocycles. The lowest BCUT2D eigenvalue weighted by Gasteiger charge is -1.79. The van der Waals surface area contributed by atoms with Crippen LogP contribution in [0.5, 0.6) is 0 Å². The zero-order valence-corrected chi connectivity index (χ0v) is 4.39. The van der Waals surface area contributed by atoms with Gasteiger partial charge in [0, 0.05) is 6.92 Å². The van der Waals surface area contributed by atoms with Gasteiger partial charge in [0.2, 0.25) is 5.34 Å². The van der Waals surface area contributed by atoms with Crippen molar-refractivity contribution in [3.63, 3.8) is 0 Å². The molecule has 0 aliphatic heterocycles. The molecule has 3 heteroatoms. The summed E-state index contributed by atoms with van der Waals surface area (Å²) in [7, 11) is 0. The lowest BCUT2D eigenvalue weighted by atomic mass is 10.5. The van der Waals surface area contributed by atoms with Crippen LogP contribution in [0.3, 0.4) is 0 Å². The Labute approximate surface area is 41.9 Å². The first-order chi connectivity index (χ1) is 3.31. The van der Waals surface area contributed by atoms with Gasteiger partial charge in [-0.05, 0) is 13.0 Å². The van der Waals surface area contributed by atoms with Crippen molar-refractivity contribution in [3.05, 3.63) is 16.7 Å². The van der Waals surface area contributed by atoms with Crippen LogP contribution in [0.15, 0.2) is 11.8 Å². The summed E-state index contributed by atoms with van der Waals surface area (Å²) in [5.41, 5.74) is 0. The Kier molecular flexibility index (Phi) is 2.92. The summed E-state index contributed by atoms with van der Waals surface area (Å²) in [6, 6.07) is 0. The summed E-state index contributed by atoms with van der Waals surface area (Å²) in [6.45, 7) is 3.47. The van der Waals surface area contributed by atoms with Crippen molar-refractivity contribution in [2.24, 2.45) is 0 Å². The molecular weight excluding hydrogens is 94.0 g/mol. The van der Waals surface area contributed by atoms with Gasteiger partial charge in [0.25, 0.3) is 0 Å². The van der Waals surface area contributed by atoms with Crippen molar-refractivity contribution >= 4 is 0 Å². The molecule has 0 bridgehead atoms. The molecule has 0 saturated heterocycles. The normalized spacial score (nSPS) is 10.9. The molecule has 3 nitrogen and oxygen atoms in total. The van der Waals surface area contributed by atoms with Crippen molar-refractivity contribution in [2.75, 3.05) is 0 Å². The number of rotatable bonds is 2. The van der Waals surface area contributed by atoms with Crippen LogP contribution in [0.25, 0.3) is 0 Å². The Morgan fingerprint density at radius 1 is 1.86 bits per heavy atom. The van der Waals surface area contributed by atoms with Crippen LogP contribution in [-0.2, 0) is 4.84 Å². The van der Waals surface area contributed by atoms with Gasteiger partial charge in [-0.3, -0.25) is 0 Å². The fourth-order valence-electron chi connectivity index (χ4n) is 0.125. The van der Waals surface area contributed by atoms with E-state index < -0.39 is 0 Å². The molecule has 0 heterocycles. The Morgan fingerprint density at radius 2 is 2.43 bits per heavy atom. The predicted octanol–water partition coefficient (Wildman–Crippen LogP) is -0.311. The Hall–Kier alpha value is -0.860. The van der Waals surface area contributed by atoms with Crippen molar-refractivity contribution in [1.82, 2.24) is 0 Å². The maximum atomic E-state index is 9.39. The summed E-state index contributed by atoms with van der Waals surface area (Å²) in [5, 5.41) is 1.30. The lowest BCUT2D eigenvalue weighted by molar-refractivity contribution is -0.754. The monoisotopic (exact) mass is 102 g/mol. The SMILES string of the molecule is C/C=C(\C)O[NH+]=O. The van der Waals surface area contributed by atoms with Gasteiger partial charge in [-0.2, -0.15) is 4.84 Å². The Bertz CT molecular complexity index is 87.7. The molecule has 0 aromatic heterocycles. The quantitative estimate of drug-likeness (QED) is 0.383. The zero-order valence-electron chi connectivity index (χ0n) is 4.39. The predicted molar refractivity (Wildman–Crippen MR) is 24.8 cm³/mol. The second-order valence-corrected chi connectivity index (χ2v) is 1.08. The highest BCUT2D eigenvalue weighted by molar-refractivity contribution is 4.81. The van der Waals surface area contributed by atoms with Crippen LogP contribution in [0.4, 0.5) is 0 Å². The molecule has 0 aliphatic carbocycles. The van der Waals surface area contributed by atoms with Gasteiger partial charge in [-0.1, -0.05) is 0 Å². The first kappa shape index (κ1) is 6.14. The van der Waals surface area contributed by atoms with E-state index in [0.29, 0.717) is 5.76 Å². The fraction of sp³-hybridized carbons (Fsp3) is 0.500. The van der Waals surface area contributed by atoms with Gasteiger partial charge in [-0.25, -0.2) is 0 Å². The molecule has 0 radical (unpaired) electrons. The number of hydrogen-bond acceptors (Lipinski definition) is 2. The van der Waals surface area contributed by atoms with Crippen LogP contribution >= 0.6 is 0 Å². The highest BCUT2D eigenvalue weighted by Crippen LogP contribution is 1.83. The summed E-state index contributed by atoms with van der Waals surface area (Å²) < 4.78 is 0. The molecular formula is C4H8NO2+. The second kappa shape index (κ2) is 3.33. The van der Waals surface area contributed by atoms with Crippen LogP contribution < -0.4 is 5.34 Å². The third-order valence-corrected chi connectivity index (χ3v) is 0.609. The average molecular weight is 102 g/mol. The summed E-state index contributed by atoms with van der Waals surface area (Å²) in [6.07, 6.45) is 1.69. The third kappa shape index (κ3) is 2.96. The van der Waals surface area contributed by atoms with Crippen molar-refractivity contribution in [2.45, 2.75) is 13.8 Å². The summed E-state index contributed by atoms with van der Waals surface area (Å²) in [5.74, 6) is 0.579. The van der Waals surface area contributed by atoms with E-state index in [4.69, 9.17) is 0 Å². The van der Waals surface area contributed by atoms with Gasteiger partial charge in [0.15, 0.2) is 5.76 Å². The zero-order chi connectivity index (χ0) is 5.70. The van der Waals surface area contributed by atoms with E-state index in [9.17, 15) is 4.91 Å². The van der Waals surface area contributed by atoms with E-state index in [1.54, 1.807) is 19.9 Å². The maximum absolute atomic E-state index is 9.39. The molecule has 7 heavy (non-hydrogen) atoms. The van der Waals surface area contributed by atoms with Crippen LogP contribution in [-0.4, -0.2) is 0 Å². The third-order valence-electron chi connectivity index (χ3n) is 0.609. The van der Waals surface area contributed by atoms with Crippen molar-refractivity contribution in [1.29, 1.82) is 0 Å². The molecule has 0 spiro atoms. The standard InChI is InChI=1S/C4H8NO2/c1-3-4(2)7-5-6/h3,5H,1-2H3/q+1/b4-3+. The number of nitrogens with one attached hydrogen (secondary N) is 1. The molecule has 40 valence electrons. The largest absolute Gasteiger partial charge is 0.206 e. The fourth-order valence-corrected chi connectivity index (χ4v) is 0.125. The van der Waals surface area contributed by atoms with E-state index in [0.717, 1.165) is 0 Å². The van der Waals surface area contributed by atoms with E-state index in [-0.39, 0.29) is 0 Å². The van der Waals surface area contributed by atoms with E-state index in [1.165, 1.54) is 5.34 Å². The molecule has 0 amide bonds. The topological polar surface area (TPSA) is 40.3 Å². The van der Waals surface area contributed by atoms with E-state index in [1.807, 2.05) is 0 Å². The highest BCUT2D eigenvalue weighted by Gasteiger charge is 1.85. The average Bonchev–Trinajstić information content (AvgIpc) is 1.68. The minimum atomic E-state index is 0.579. The molecule has 0 fully saturated rings. The minimum absolute atomic E-state index is 0.579. The maximum Gasteiger partial charge on any atom is 0.206 e. The van der Waals surface area contributed by atoms with Crippen molar-refractivity contribution < 1.29 is 10.2 Å². The number of allylic oxidation sites excluding steroid dienone is 2. The first-order valence-electron chi connectivity index (χ1n) is 1.98. The van der Waals surface area contributed by atoms with Gasteiger partial charge in [0.1, 0.15) is 0 Å². The van der Waals surface area contributed by atoms with Crippen LogP contribution in [0, 0.1) is 4.91 Å².